The van der Waals surface area contributed by atoms with Crippen LogP contribution in [0.2, 0.25) is 0 Å². The number of carbonyl (C=O) groups is 5. The summed E-state index contributed by atoms with van der Waals surface area (Å²) in [6.45, 7) is 16.7. The molecule has 3 rings (SSSR count). The van der Waals surface area contributed by atoms with Crippen LogP contribution in [0.15, 0.2) is 35.1 Å². The van der Waals surface area contributed by atoms with Gasteiger partial charge in [-0.1, -0.05) is 84.7 Å². The predicted octanol–water partition coefficient (Wildman–Crippen LogP) is 5.55. The lowest BCUT2D eigenvalue weighted by molar-refractivity contribution is -0.149. The monoisotopic (exact) mass is 839 g/mol. The highest BCUT2D eigenvalue weighted by Crippen LogP contribution is 2.32. The van der Waals surface area contributed by atoms with E-state index < -0.39 is 36.0 Å². The van der Waals surface area contributed by atoms with Crippen molar-refractivity contribution < 1.29 is 37.9 Å². The molecule has 1 saturated heterocycles. The minimum Gasteiger partial charge on any atom is -0.428 e. The van der Waals surface area contributed by atoms with E-state index in [1.54, 1.807) is 38.0 Å². The third kappa shape index (κ3) is 13.5. The Labute approximate surface area is 358 Å². The number of rotatable bonds is 25. The molecule has 14 heteroatoms. The molecule has 1 aromatic heterocycles. The molecule has 1 N–H and O–H groups in total. The van der Waals surface area contributed by atoms with E-state index in [1.165, 1.54) is 6.39 Å². The number of ether oxygens (including phenoxy) is 2. The molecule has 1 aromatic carbocycles. The number of hydrogen-bond acceptors (Lipinski definition) is 11. The van der Waals surface area contributed by atoms with Gasteiger partial charge in [-0.25, -0.2) is 0 Å². The zero-order valence-corrected chi connectivity index (χ0v) is 38.6. The Balaban J connectivity index is 1.78. The van der Waals surface area contributed by atoms with Crippen molar-refractivity contribution in [2.24, 2.45) is 35.5 Å². The van der Waals surface area contributed by atoms with Crippen LogP contribution in [0.3, 0.4) is 0 Å². The van der Waals surface area contributed by atoms with Gasteiger partial charge in [0.1, 0.15) is 5.78 Å². The van der Waals surface area contributed by atoms with Crippen molar-refractivity contribution in [1.82, 2.24) is 30.2 Å². The van der Waals surface area contributed by atoms with Gasteiger partial charge in [-0.2, -0.15) is 0 Å². The van der Waals surface area contributed by atoms with E-state index >= 15 is 0 Å². The Morgan fingerprint density at radius 3 is 2.12 bits per heavy atom. The number of ketones is 2. The molecular formula is C46H74N6O8. The first kappa shape index (κ1) is 50.3. The van der Waals surface area contributed by atoms with Crippen molar-refractivity contribution >= 4 is 29.3 Å². The summed E-state index contributed by atoms with van der Waals surface area (Å²) in [7, 11) is 8.67. The van der Waals surface area contributed by atoms with Crippen LogP contribution < -0.4 is 5.32 Å². The minimum absolute atomic E-state index is 0.0154. The number of benzene rings is 1. The Hall–Kier alpha value is -4.01. The molecule has 3 amide bonds. The molecule has 336 valence electrons. The first-order chi connectivity index (χ1) is 28.4. The summed E-state index contributed by atoms with van der Waals surface area (Å²) in [5.41, 5.74) is 2.05. The number of likely N-dealkylation sites (tertiary alicyclic amines) is 1. The topological polar surface area (TPSA) is 164 Å². The van der Waals surface area contributed by atoms with Crippen LogP contribution in [-0.4, -0.2) is 126 Å². The molecule has 0 bridgehead atoms. The maximum absolute atomic E-state index is 14.4. The van der Waals surface area contributed by atoms with Gasteiger partial charge in [0.05, 0.1) is 42.7 Å². The molecule has 14 nitrogen and oxygen atoms in total. The normalized spacial score (nSPS) is 18.5. The summed E-state index contributed by atoms with van der Waals surface area (Å²) in [6, 6.07) is 6.74. The predicted molar refractivity (Wildman–Crippen MR) is 231 cm³/mol. The van der Waals surface area contributed by atoms with Gasteiger partial charge in [0.25, 0.3) is 0 Å². The maximum Gasteiger partial charge on any atom is 0.226 e. The summed E-state index contributed by atoms with van der Waals surface area (Å²) in [5.74, 6) is -2.39. The molecule has 2 heterocycles. The summed E-state index contributed by atoms with van der Waals surface area (Å²) in [4.78, 5) is 75.4. The van der Waals surface area contributed by atoms with Gasteiger partial charge in [0.15, 0.2) is 5.78 Å². The van der Waals surface area contributed by atoms with E-state index in [4.69, 9.17) is 13.9 Å². The highest BCUT2D eigenvalue weighted by Gasteiger charge is 2.43. The lowest BCUT2D eigenvalue weighted by Crippen LogP contribution is -2.54. The first-order valence-electron chi connectivity index (χ1n) is 21.8. The highest BCUT2D eigenvalue weighted by atomic mass is 16.5. The first-order valence-corrected chi connectivity index (χ1v) is 21.8. The molecule has 0 spiro atoms. The van der Waals surface area contributed by atoms with Gasteiger partial charge < -0.3 is 29.0 Å². The Morgan fingerprint density at radius 2 is 1.58 bits per heavy atom. The van der Waals surface area contributed by atoms with E-state index in [1.807, 2.05) is 77.9 Å². The summed E-state index contributed by atoms with van der Waals surface area (Å²) < 4.78 is 17.5. The van der Waals surface area contributed by atoms with E-state index in [2.05, 4.69) is 29.4 Å². The fourth-order valence-electron chi connectivity index (χ4n) is 9.02. The molecule has 2 aromatic rings. The zero-order chi connectivity index (χ0) is 44.8. The van der Waals surface area contributed by atoms with E-state index in [-0.39, 0.29) is 90.7 Å². The van der Waals surface area contributed by atoms with Crippen molar-refractivity contribution in [2.45, 2.75) is 137 Å². The van der Waals surface area contributed by atoms with Gasteiger partial charge in [0.2, 0.25) is 30.0 Å². The van der Waals surface area contributed by atoms with Crippen LogP contribution in [0, 0.1) is 42.4 Å². The lowest BCUT2D eigenvalue weighted by atomic mass is 9.83. The van der Waals surface area contributed by atoms with Crippen molar-refractivity contribution in [1.29, 1.82) is 0 Å². The van der Waals surface area contributed by atoms with Crippen molar-refractivity contribution in [2.75, 3.05) is 41.9 Å². The number of likely N-dealkylation sites (N-methyl/N-ethyl adjacent to an activating group) is 2. The van der Waals surface area contributed by atoms with Gasteiger partial charge in [-0.05, 0) is 57.2 Å². The van der Waals surface area contributed by atoms with Crippen LogP contribution >= 0.6 is 0 Å². The second kappa shape index (κ2) is 23.8. The molecule has 0 saturated carbocycles. The quantitative estimate of drug-likeness (QED) is 0.133. The zero-order valence-electron chi connectivity index (χ0n) is 38.6. The van der Waals surface area contributed by atoms with Crippen LogP contribution in [0.1, 0.15) is 104 Å². The molecule has 60 heavy (non-hydrogen) atoms. The van der Waals surface area contributed by atoms with Gasteiger partial charge in [-0.3, -0.25) is 28.9 Å². The average Bonchev–Trinajstić information content (AvgIpc) is 3.91. The second-order valence-electron chi connectivity index (χ2n) is 17.9. The fraction of sp³-hybridized carbons (Fsp3) is 0.717. The molecule has 1 aliphatic heterocycles. The molecule has 0 unspecified atom stereocenters. The third-order valence-corrected chi connectivity index (χ3v) is 12.6. The molecular weight excluding hydrogens is 765 g/mol. The lowest BCUT2D eigenvalue weighted by Gasteiger charge is -2.41. The third-order valence-electron chi connectivity index (χ3n) is 12.6. The van der Waals surface area contributed by atoms with Crippen molar-refractivity contribution in [3.8, 4) is 0 Å². The van der Waals surface area contributed by atoms with Gasteiger partial charge in [0, 0.05) is 65.5 Å². The highest BCUT2D eigenvalue weighted by molar-refractivity contribution is 5.90. The van der Waals surface area contributed by atoms with Crippen LogP contribution in [-0.2, 0) is 46.4 Å². The number of carbonyl (C=O) groups excluding carboxylic acids is 5. The fourth-order valence-corrected chi connectivity index (χ4v) is 9.02. The summed E-state index contributed by atoms with van der Waals surface area (Å²) in [6.07, 6.45) is 2.23. The van der Waals surface area contributed by atoms with Crippen LogP contribution in [0.25, 0.3) is 0 Å². The Bertz CT molecular complexity index is 1660. The Morgan fingerprint density at radius 1 is 0.917 bits per heavy atom. The van der Waals surface area contributed by atoms with E-state index in [0.717, 1.165) is 24.0 Å². The smallest absolute Gasteiger partial charge is 0.226 e. The number of aryl methyl sites for hydroxylation is 1. The SMILES string of the molecule is CC[C@H](C)[C@@H]([C@@H](CC(=O)N1CCC[C@H]1[C@H](OC)[C@@H](C)C(=O)C[C@@H](Cc1nnco1)C(=O)NCc1ccc(C)cc1)OC)N(C)C(=O)[C@@H](CC(=O)[C@H](C(C)C)N(C)C)C(C)C. The molecule has 0 radical (unpaired) electrons. The number of nitrogens with zero attached hydrogens (tertiary/aromatic N) is 5. The standard InChI is InChI=1S/C46H74N6O8/c1-14-31(7)43(51(11)46(57)35(28(2)3)24-38(54)42(29(4)5)50(9)10)39(58-12)25-41(55)52-21-15-16-36(52)44(59-13)32(8)37(53)22-34(23-40-49-48-27-60-40)45(56)47-26-33-19-17-30(6)18-20-33/h17-20,27-29,31-32,34-36,39,42-44H,14-16,21-26H2,1-13H3,(H,47,56)/t31-,32-,34-,35-,36-,39+,42-,43-,44+/m0/s1. The number of hydrogen-bond donors (Lipinski definition) is 1. The molecule has 0 aliphatic carbocycles. The number of Topliss-reactive ketones (excluding diaryl/α,β-unsaturated/α-hetero) is 2. The number of methoxy groups -OCH3 is 2. The Kier molecular flexibility index (Phi) is 20.0. The largest absolute Gasteiger partial charge is 0.428 e. The van der Waals surface area contributed by atoms with Crippen LogP contribution in [0.5, 0.6) is 0 Å². The summed E-state index contributed by atoms with van der Waals surface area (Å²) >= 11 is 0. The number of aromatic nitrogens is 2. The number of nitrogens with one attached hydrogen (secondary N) is 1. The van der Waals surface area contributed by atoms with Crippen molar-refractivity contribution in [3.05, 3.63) is 47.7 Å². The van der Waals surface area contributed by atoms with E-state index in [9.17, 15) is 24.0 Å². The molecule has 9 atom stereocenters. The molecule has 1 aliphatic rings. The van der Waals surface area contributed by atoms with E-state index in [0.29, 0.717) is 19.5 Å². The summed E-state index contributed by atoms with van der Waals surface area (Å²) in [5, 5.41) is 10.7. The molecule has 1 fully saturated rings. The van der Waals surface area contributed by atoms with Gasteiger partial charge in [-0.15, -0.1) is 10.2 Å². The number of amides is 3. The minimum atomic E-state index is -0.762. The average molecular weight is 839 g/mol. The van der Waals surface area contributed by atoms with Crippen molar-refractivity contribution in [3.63, 3.8) is 0 Å². The van der Waals surface area contributed by atoms with Gasteiger partial charge >= 0.3 is 0 Å². The van der Waals surface area contributed by atoms with Crippen LogP contribution in [0.4, 0.5) is 0 Å². The maximum atomic E-state index is 14.4. The second-order valence-corrected chi connectivity index (χ2v) is 17.9.